The molecule has 0 bridgehead atoms. The number of hydrogen-bond acceptors (Lipinski definition) is 4. The number of benzene rings is 1. The molecule has 5 heteroatoms. The summed E-state index contributed by atoms with van der Waals surface area (Å²) in [5.41, 5.74) is 2.20. The van der Waals surface area contributed by atoms with Crippen LogP contribution in [0.25, 0.3) is 0 Å². The zero-order valence-corrected chi connectivity index (χ0v) is 15.4. The Kier molecular flexibility index (Phi) is 5.53. The van der Waals surface area contributed by atoms with Crippen molar-refractivity contribution < 1.29 is 14.3 Å². The molecule has 1 aromatic heterocycles. The quantitative estimate of drug-likeness (QED) is 0.790. The van der Waals surface area contributed by atoms with E-state index in [0.29, 0.717) is 28.7 Å². The third kappa shape index (κ3) is 3.93. The molecule has 1 heterocycles. The molecule has 4 nitrogen and oxygen atoms in total. The van der Waals surface area contributed by atoms with Gasteiger partial charge in [-0.15, -0.1) is 11.3 Å². The van der Waals surface area contributed by atoms with Crippen molar-refractivity contribution in [1.82, 2.24) is 0 Å². The lowest BCUT2D eigenvalue weighted by Gasteiger charge is -2.18. The maximum atomic E-state index is 12.6. The Morgan fingerprint density at radius 2 is 2.04 bits per heavy atom. The Morgan fingerprint density at radius 3 is 2.76 bits per heavy atom. The minimum atomic E-state index is -0.322. The van der Waals surface area contributed by atoms with Crippen molar-refractivity contribution in [3.63, 3.8) is 0 Å². The highest BCUT2D eigenvalue weighted by Gasteiger charge is 2.29. The summed E-state index contributed by atoms with van der Waals surface area (Å²) >= 11 is 1.52. The number of rotatable bonds is 5. The summed E-state index contributed by atoms with van der Waals surface area (Å²) in [7, 11) is 0. The van der Waals surface area contributed by atoms with Gasteiger partial charge in [0.05, 0.1) is 12.2 Å². The van der Waals surface area contributed by atoms with E-state index in [1.165, 1.54) is 16.2 Å². The normalized spacial score (nSPS) is 16.2. The van der Waals surface area contributed by atoms with E-state index in [9.17, 15) is 9.59 Å². The van der Waals surface area contributed by atoms with Gasteiger partial charge in [-0.05, 0) is 49.3 Å². The Hall–Kier alpha value is -2.14. The van der Waals surface area contributed by atoms with Gasteiger partial charge in [-0.25, -0.2) is 4.79 Å². The third-order valence-electron chi connectivity index (χ3n) is 4.42. The third-order valence-corrected chi connectivity index (χ3v) is 5.59. The molecule has 1 N–H and O–H groups in total. The zero-order chi connectivity index (χ0) is 17.8. The number of carbonyl (C=O) groups excluding carboxylic acids is 2. The fraction of sp³-hybridized carbons (Fsp3) is 0.400. The van der Waals surface area contributed by atoms with E-state index in [0.717, 1.165) is 31.2 Å². The molecule has 25 heavy (non-hydrogen) atoms. The standard InChI is InChI=1S/C20H23NO3S/c1-3-11-24-20(23)17-15-10-9-13(2)12-16(15)25-19(17)21-18(22)14-7-5-4-6-8-14/h4-8,13H,3,9-12H2,1-2H3,(H,21,22)/t13-/m1/s1. The van der Waals surface area contributed by atoms with E-state index < -0.39 is 0 Å². The van der Waals surface area contributed by atoms with Crippen molar-refractivity contribution in [1.29, 1.82) is 0 Å². The molecule has 1 aliphatic carbocycles. The minimum Gasteiger partial charge on any atom is -0.462 e. The van der Waals surface area contributed by atoms with Gasteiger partial charge in [0.2, 0.25) is 0 Å². The van der Waals surface area contributed by atoms with Gasteiger partial charge < -0.3 is 10.1 Å². The van der Waals surface area contributed by atoms with Crippen LogP contribution in [0.15, 0.2) is 30.3 Å². The zero-order valence-electron chi connectivity index (χ0n) is 14.6. The number of amides is 1. The van der Waals surface area contributed by atoms with Crippen molar-refractivity contribution in [2.45, 2.75) is 39.5 Å². The lowest BCUT2D eigenvalue weighted by molar-refractivity contribution is 0.0505. The van der Waals surface area contributed by atoms with E-state index >= 15 is 0 Å². The molecule has 132 valence electrons. The first-order valence-corrected chi connectivity index (χ1v) is 9.59. The second-order valence-electron chi connectivity index (χ2n) is 6.51. The van der Waals surface area contributed by atoms with Gasteiger partial charge in [0, 0.05) is 10.4 Å². The number of nitrogens with one attached hydrogen (secondary N) is 1. The molecule has 0 fully saturated rings. The summed E-state index contributed by atoms with van der Waals surface area (Å²) in [5.74, 6) is 0.0809. The molecular weight excluding hydrogens is 334 g/mol. The Morgan fingerprint density at radius 1 is 1.28 bits per heavy atom. The van der Waals surface area contributed by atoms with E-state index in [1.807, 2.05) is 25.1 Å². The molecule has 0 aliphatic heterocycles. The number of carbonyl (C=O) groups is 2. The number of ether oxygens (including phenoxy) is 1. The Labute approximate surface area is 152 Å². The second-order valence-corrected chi connectivity index (χ2v) is 7.62. The van der Waals surface area contributed by atoms with Gasteiger partial charge in [0.1, 0.15) is 5.00 Å². The van der Waals surface area contributed by atoms with E-state index in [1.54, 1.807) is 12.1 Å². The molecule has 1 aliphatic rings. The number of fused-ring (bicyclic) bond motifs is 1. The highest BCUT2D eigenvalue weighted by atomic mass is 32.1. The average molecular weight is 357 g/mol. The van der Waals surface area contributed by atoms with Crippen LogP contribution in [0.2, 0.25) is 0 Å². The summed E-state index contributed by atoms with van der Waals surface area (Å²) in [6.07, 6.45) is 3.66. The van der Waals surface area contributed by atoms with Crippen LogP contribution in [-0.4, -0.2) is 18.5 Å². The highest BCUT2D eigenvalue weighted by Crippen LogP contribution is 2.40. The average Bonchev–Trinajstić information content (AvgIpc) is 2.97. The fourth-order valence-corrected chi connectivity index (χ4v) is 4.48. The molecule has 1 atom stereocenters. The molecule has 0 saturated carbocycles. The second kappa shape index (κ2) is 7.83. The monoisotopic (exact) mass is 357 g/mol. The number of thiophene rings is 1. The lowest BCUT2D eigenvalue weighted by Crippen LogP contribution is -2.17. The smallest absolute Gasteiger partial charge is 0.341 e. The minimum absolute atomic E-state index is 0.197. The van der Waals surface area contributed by atoms with Crippen LogP contribution in [0.5, 0.6) is 0 Å². The maximum Gasteiger partial charge on any atom is 0.341 e. The van der Waals surface area contributed by atoms with Crippen LogP contribution in [0.4, 0.5) is 5.00 Å². The summed E-state index contributed by atoms with van der Waals surface area (Å²) in [6.45, 7) is 4.59. The summed E-state index contributed by atoms with van der Waals surface area (Å²) in [4.78, 5) is 26.3. The molecule has 0 spiro atoms. The van der Waals surface area contributed by atoms with Crippen LogP contribution in [0.1, 0.15) is 57.8 Å². The van der Waals surface area contributed by atoms with Gasteiger partial charge in [0.25, 0.3) is 5.91 Å². The van der Waals surface area contributed by atoms with Crippen LogP contribution in [-0.2, 0) is 17.6 Å². The predicted molar refractivity (Wildman–Crippen MR) is 100 cm³/mol. The van der Waals surface area contributed by atoms with Crippen molar-refractivity contribution in [3.05, 3.63) is 51.9 Å². The molecule has 0 radical (unpaired) electrons. The maximum absolute atomic E-state index is 12.6. The largest absolute Gasteiger partial charge is 0.462 e. The van der Waals surface area contributed by atoms with Crippen LogP contribution >= 0.6 is 11.3 Å². The molecule has 0 saturated heterocycles. The first-order chi connectivity index (χ1) is 12.1. The van der Waals surface area contributed by atoms with Crippen LogP contribution < -0.4 is 5.32 Å². The summed E-state index contributed by atoms with van der Waals surface area (Å²) in [6, 6.07) is 9.05. The molecule has 0 unspecified atom stereocenters. The van der Waals surface area contributed by atoms with Crippen LogP contribution in [0.3, 0.4) is 0 Å². The van der Waals surface area contributed by atoms with E-state index in [2.05, 4.69) is 12.2 Å². The van der Waals surface area contributed by atoms with Gasteiger partial charge >= 0.3 is 5.97 Å². The SMILES string of the molecule is CCCOC(=O)c1c(NC(=O)c2ccccc2)sc2c1CC[C@@H](C)C2. The Balaban J connectivity index is 1.92. The van der Waals surface area contributed by atoms with E-state index in [-0.39, 0.29) is 11.9 Å². The van der Waals surface area contributed by atoms with Crippen molar-refractivity contribution in [2.24, 2.45) is 5.92 Å². The number of hydrogen-bond donors (Lipinski definition) is 1. The van der Waals surface area contributed by atoms with Gasteiger partial charge in [-0.3, -0.25) is 4.79 Å². The predicted octanol–water partition coefficient (Wildman–Crippen LogP) is 4.69. The van der Waals surface area contributed by atoms with Gasteiger partial charge in [0.15, 0.2) is 0 Å². The van der Waals surface area contributed by atoms with Gasteiger partial charge in [-0.2, -0.15) is 0 Å². The molecule has 2 aromatic rings. The number of anilines is 1. The molecular formula is C20H23NO3S. The molecule has 1 aromatic carbocycles. The van der Waals surface area contributed by atoms with Crippen molar-refractivity contribution >= 4 is 28.2 Å². The Bertz CT molecular complexity index is 767. The number of esters is 1. The van der Waals surface area contributed by atoms with E-state index in [4.69, 9.17) is 4.74 Å². The molecule has 1 amide bonds. The fourth-order valence-electron chi connectivity index (χ4n) is 3.09. The summed E-state index contributed by atoms with van der Waals surface area (Å²) in [5, 5.41) is 3.55. The topological polar surface area (TPSA) is 55.4 Å². The summed E-state index contributed by atoms with van der Waals surface area (Å²) < 4.78 is 5.37. The van der Waals surface area contributed by atoms with Gasteiger partial charge in [-0.1, -0.05) is 32.0 Å². The van der Waals surface area contributed by atoms with Crippen LogP contribution in [0, 0.1) is 5.92 Å². The first kappa shape index (κ1) is 17.7. The lowest BCUT2D eigenvalue weighted by atomic mass is 9.88. The molecule has 3 rings (SSSR count). The van der Waals surface area contributed by atoms with Crippen molar-refractivity contribution in [2.75, 3.05) is 11.9 Å². The first-order valence-electron chi connectivity index (χ1n) is 8.78. The highest BCUT2D eigenvalue weighted by molar-refractivity contribution is 7.17. The van der Waals surface area contributed by atoms with Crippen molar-refractivity contribution in [3.8, 4) is 0 Å².